The van der Waals surface area contributed by atoms with Gasteiger partial charge in [0.1, 0.15) is 6.07 Å². The van der Waals surface area contributed by atoms with Crippen molar-refractivity contribution in [3.05, 3.63) is 58.6 Å². The van der Waals surface area contributed by atoms with Crippen LogP contribution < -0.4 is 0 Å². The first kappa shape index (κ1) is 18.2. The molecule has 1 amide bonds. The summed E-state index contributed by atoms with van der Waals surface area (Å²) in [6.07, 6.45) is 4.67. The number of aromatic nitrogens is 2. The van der Waals surface area contributed by atoms with Crippen LogP contribution in [0, 0.1) is 11.3 Å². The Balaban J connectivity index is 2.07. The number of carbonyl (C=O) groups is 1. The third kappa shape index (κ3) is 3.49. The van der Waals surface area contributed by atoms with Crippen LogP contribution in [0.5, 0.6) is 0 Å². The highest BCUT2D eigenvalue weighted by atomic mass is 35.5. The molecule has 1 aliphatic carbocycles. The van der Waals surface area contributed by atoms with E-state index in [1.807, 2.05) is 24.3 Å². The summed E-state index contributed by atoms with van der Waals surface area (Å²) < 4.78 is 0. The maximum atomic E-state index is 12.2. The van der Waals surface area contributed by atoms with Crippen molar-refractivity contribution in [1.29, 1.82) is 5.26 Å². The van der Waals surface area contributed by atoms with Gasteiger partial charge in [-0.2, -0.15) is 5.26 Å². The van der Waals surface area contributed by atoms with E-state index in [0.717, 1.165) is 24.8 Å². The summed E-state index contributed by atoms with van der Waals surface area (Å²) in [6.45, 7) is 0.168. The Hall–Kier alpha value is -2.65. The van der Waals surface area contributed by atoms with Gasteiger partial charge in [-0.15, -0.1) is 0 Å². The summed E-state index contributed by atoms with van der Waals surface area (Å²) >= 11 is 6.26. The minimum atomic E-state index is -1.02. The van der Waals surface area contributed by atoms with Crippen LogP contribution in [0.25, 0.3) is 0 Å². The van der Waals surface area contributed by atoms with E-state index in [1.54, 1.807) is 12.1 Å². The molecule has 1 aromatic heterocycles. The van der Waals surface area contributed by atoms with Crippen LogP contribution in [0.4, 0.5) is 4.79 Å². The van der Waals surface area contributed by atoms with Crippen molar-refractivity contribution in [2.45, 2.75) is 44.2 Å². The zero-order valence-corrected chi connectivity index (χ0v) is 15.0. The van der Waals surface area contributed by atoms with Crippen LogP contribution in [0.3, 0.4) is 0 Å². The van der Waals surface area contributed by atoms with E-state index in [0.29, 0.717) is 23.6 Å². The fourth-order valence-electron chi connectivity index (χ4n) is 3.67. The smallest absolute Gasteiger partial charge is 0.408 e. The van der Waals surface area contributed by atoms with Crippen molar-refractivity contribution in [2.75, 3.05) is 0 Å². The molecular formula is C19H19ClN4O2. The van der Waals surface area contributed by atoms with Gasteiger partial charge < -0.3 is 5.11 Å². The third-order valence-electron chi connectivity index (χ3n) is 4.95. The van der Waals surface area contributed by atoms with Gasteiger partial charge in [0.05, 0.1) is 17.8 Å². The second-order valence-corrected chi connectivity index (χ2v) is 6.84. The van der Waals surface area contributed by atoms with Gasteiger partial charge in [-0.3, -0.25) is 4.90 Å². The highest BCUT2D eigenvalue weighted by molar-refractivity contribution is 6.31. The lowest BCUT2D eigenvalue weighted by Gasteiger charge is -2.44. The lowest BCUT2D eigenvalue weighted by atomic mass is 9.77. The molecule has 26 heavy (non-hydrogen) atoms. The Bertz CT molecular complexity index is 843. The highest BCUT2D eigenvalue weighted by Crippen LogP contribution is 2.42. The van der Waals surface area contributed by atoms with Gasteiger partial charge in [-0.05, 0) is 30.5 Å². The fraction of sp³-hybridized carbons (Fsp3) is 0.368. The normalized spacial score (nSPS) is 15.8. The van der Waals surface area contributed by atoms with Crippen molar-refractivity contribution in [2.24, 2.45) is 0 Å². The molecule has 6 nitrogen and oxygen atoms in total. The number of nitriles is 1. The second-order valence-electron chi connectivity index (χ2n) is 6.43. The molecule has 0 atom stereocenters. The molecule has 0 aliphatic heterocycles. The molecule has 1 fully saturated rings. The highest BCUT2D eigenvalue weighted by Gasteiger charge is 2.44. The first-order valence-corrected chi connectivity index (χ1v) is 8.92. The molecule has 1 aliphatic rings. The van der Waals surface area contributed by atoms with Gasteiger partial charge in [0, 0.05) is 11.2 Å². The van der Waals surface area contributed by atoms with E-state index in [-0.39, 0.29) is 12.4 Å². The van der Waals surface area contributed by atoms with Crippen LogP contribution in [-0.4, -0.2) is 26.1 Å². The maximum Gasteiger partial charge on any atom is 0.408 e. The molecule has 1 N–H and O–H groups in total. The SMILES string of the molecule is N#Cc1nccc(C2(N(Cc3ccccc3Cl)C(=O)O)CCCCC2)n1. The molecule has 0 unspecified atom stereocenters. The molecule has 3 rings (SSSR count). The fourth-order valence-corrected chi connectivity index (χ4v) is 3.87. The van der Waals surface area contributed by atoms with Crippen molar-refractivity contribution >= 4 is 17.7 Å². The molecule has 2 aromatic rings. The van der Waals surface area contributed by atoms with E-state index in [4.69, 9.17) is 16.9 Å². The van der Waals surface area contributed by atoms with Crippen LogP contribution in [0.15, 0.2) is 36.5 Å². The van der Waals surface area contributed by atoms with E-state index in [1.165, 1.54) is 11.1 Å². The molecule has 0 bridgehead atoms. The minimum Gasteiger partial charge on any atom is -0.465 e. The molecule has 0 spiro atoms. The molecule has 1 saturated carbocycles. The van der Waals surface area contributed by atoms with Crippen LogP contribution in [-0.2, 0) is 12.1 Å². The molecule has 0 radical (unpaired) electrons. The predicted octanol–water partition coefficient (Wildman–Crippen LogP) is 4.34. The lowest BCUT2D eigenvalue weighted by Crippen LogP contribution is -2.50. The zero-order chi connectivity index (χ0) is 18.6. The van der Waals surface area contributed by atoms with Gasteiger partial charge in [-0.25, -0.2) is 14.8 Å². The van der Waals surface area contributed by atoms with Crippen molar-refractivity contribution in [3.8, 4) is 6.07 Å². The van der Waals surface area contributed by atoms with Gasteiger partial charge in [0.15, 0.2) is 0 Å². The van der Waals surface area contributed by atoms with E-state index >= 15 is 0 Å². The summed E-state index contributed by atoms with van der Waals surface area (Å²) in [5.41, 5.74) is 0.548. The quantitative estimate of drug-likeness (QED) is 0.864. The second kappa shape index (κ2) is 7.71. The summed E-state index contributed by atoms with van der Waals surface area (Å²) in [4.78, 5) is 21.9. The maximum absolute atomic E-state index is 12.2. The topological polar surface area (TPSA) is 90.1 Å². The third-order valence-corrected chi connectivity index (χ3v) is 5.32. The van der Waals surface area contributed by atoms with Crippen molar-refractivity contribution in [1.82, 2.24) is 14.9 Å². The summed E-state index contributed by atoms with van der Waals surface area (Å²) in [7, 11) is 0. The Kier molecular flexibility index (Phi) is 5.38. The number of carboxylic acid groups (broad SMARTS) is 1. The largest absolute Gasteiger partial charge is 0.465 e. The van der Waals surface area contributed by atoms with Gasteiger partial charge >= 0.3 is 6.09 Å². The predicted molar refractivity (Wildman–Crippen MR) is 96.5 cm³/mol. The Morgan fingerprint density at radius 2 is 2.00 bits per heavy atom. The van der Waals surface area contributed by atoms with Crippen LogP contribution in [0.1, 0.15) is 49.2 Å². The molecule has 1 aromatic carbocycles. The van der Waals surface area contributed by atoms with E-state index in [9.17, 15) is 9.90 Å². The minimum absolute atomic E-state index is 0.0514. The molecular weight excluding hydrogens is 352 g/mol. The number of halogens is 1. The van der Waals surface area contributed by atoms with Crippen molar-refractivity contribution < 1.29 is 9.90 Å². The number of hydrogen-bond acceptors (Lipinski definition) is 4. The van der Waals surface area contributed by atoms with Gasteiger partial charge in [0.25, 0.3) is 0 Å². The Labute approximate surface area is 157 Å². The Morgan fingerprint density at radius 1 is 1.27 bits per heavy atom. The molecule has 134 valence electrons. The van der Waals surface area contributed by atoms with E-state index < -0.39 is 11.6 Å². The standard InChI is InChI=1S/C19H19ClN4O2/c20-15-7-3-2-6-14(15)13-24(18(25)26)19(9-4-1-5-10-19)16-8-11-22-17(12-21)23-16/h2-3,6-8,11H,1,4-5,9-10,13H2,(H,25,26). The molecule has 1 heterocycles. The number of benzene rings is 1. The summed E-state index contributed by atoms with van der Waals surface area (Å²) in [5, 5.41) is 19.7. The number of nitrogens with zero attached hydrogens (tertiary/aromatic N) is 4. The summed E-state index contributed by atoms with van der Waals surface area (Å²) in [5.74, 6) is 0.0514. The van der Waals surface area contributed by atoms with E-state index in [2.05, 4.69) is 9.97 Å². The van der Waals surface area contributed by atoms with Crippen molar-refractivity contribution in [3.63, 3.8) is 0 Å². The molecule has 7 heteroatoms. The van der Waals surface area contributed by atoms with Crippen LogP contribution >= 0.6 is 11.6 Å². The first-order chi connectivity index (χ1) is 12.6. The monoisotopic (exact) mass is 370 g/mol. The first-order valence-electron chi connectivity index (χ1n) is 8.54. The zero-order valence-electron chi connectivity index (χ0n) is 14.2. The summed E-state index contributed by atoms with van der Waals surface area (Å²) in [6, 6.07) is 10.9. The van der Waals surface area contributed by atoms with Gasteiger partial charge in [0.2, 0.25) is 5.82 Å². The van der Waals surface area contributed by atoms with Gasteiger partial charge in [-0.1, -0.05) is 49.1 Å². The number of hydrogen-bond donors (Lipinski definition) is 1. The average Bonchev–Trinajstić information content (AvgIpc) is 2.67. The van der Waals surface area contributed by atoms with Crippen LogP contribution in [0.2, 0.25) is 5.02 Å². The number of amides is 1. The Morgan fingerprint density at radius 3 is 2.65 bits per heavy atom. The molecule has 0 saturated heterocycles. The lowest BCUT2D eigenvalue weighted by molar-refractivity contribution is 0.0384. The average molecular weight is 371 g/mol. The number of rotatable bonds is 4.